The second kappa shape index (κ2) is 8.71. The molecule has 1 aromatic rings. The van der Waals surface area contributed by atoms with E-state index in [-0.39, 0.29) is 41.6 Å². The van der Waals surface area contributed by atoms with E-state index in [0.717, 1.165) is 25.7 Å². The number of likely N-dealkylation sites (tertiary alicyclic amines) is 1. The normalized spacial score (nSPS) is 29.7. The first-order valence-corrected chi connectivity index (χ1v) is 11.9. The Morgan fingerprint density at radius 1 is 1.12 bits per heavy atom. The molecule has 0 aromatic carbocycles. The number of nitrogens with zero attached hydrogens (tertiary/aromatic N) is 4. The topological polar surface area (TPSA) is 66.0 Å². The molecule has 0 bridgehead atoms. The lowest BCUT2D eigenvalue weighted by Gasteiger charge is -2.26. The Balaban J connectivity index is 1.32. The van der Waals surface area contributed by atoms with Gasteiger partial charge in [0.2, 0.25) is 11.8 Å². The van der Waals surface area contributed by atoms with Gasteiger partial charge in [0.15, 0.2) is 0 Å². The maximum absolute atomic E-state index is 14.3. The number of fused-ring (bicyclic) bond motifs is 1. The van der Waals surface area contributed by atoms with Crippen molar-refractivity contribution in [2.45, 2.75) is 69.3 Å². The van der Waals surface area contributed by atoms with Crippen LogP contribution >= 0.6 is 0 Å². The summed E-state index contributed by atoms with van der Waals surface area (Å²) in [5, 5.41) is 0. The number of pyridine rings is 1. The number of rotatable bonds is 8. The zero-order valence-electron chi connectivity index (χ0n) is 19.0. The fourth-order valence-electron chi connectivity index (χ4n) is 5.54. The largest absolute Gasteiger partial charge is 0.376 e. The number of amides is 2. The molecule has 2 saturated heterocycles. The minimum absolute atomic E-state index is 0.0736. The van der Waals surface area contributed by atoms with E-state index in [2.05, 4.69) is 9.88 Å². The third-order valence-electron chi connectivity index (χ3n) is 7.81. The molecule has 3 heterocycles. The van der Waals surface area contributed by atoms with Gasteiger partial charge in [0.05, 0.1) is 24.8 Å². The molecule has 8 heteroatoms. The molecule has 2 aliphatic carbocycles. The molecule has 5 rings (SSSR count). The second-order valence-electron chi connectivity index (χ2n) is 10.0. The second-order valence-corrected chi connectivity index (χ2v) is 10.0. The van der Waals surface area contributed by atoms with Gasteiger partial charge in [0, 0.05) is 63.8 Å². The standard InChI is InChI=1S/C24H33FN4O3/c1-27(16-5-6-16)22(30)10-15-12-29(13-19-18(25)4-3-9-26-19)20-14-32-21(24(15)20)11-23(31)28(2)17-7-8-17/h3-4,9,15-17,20-21,24H,5-8,10-14H2,1-2H3/t15-,20-,21+,24-/m1/s1. The van der Waals surface area contributed by atoms with Crippen LogP contribution in [0.15, 0.2) is 18.3 Å². The molecular weight excluding hydrogens is 411 g/mol. The van der Waals surface area contributed by atoms with Gasteiger partial charge in [0.25, 0.3) is 0 Å². The molecule has 2 saturated carbocycles. The predicted molar refractivity (Wildman–Crippen MR) is 116 cm³/mol. The lowest BCUT2D eigenvalue weighted by atomic mass is 9.84. The van der Waals surface area contributed by atoms with Crippen LogP contribution in [-0.4, -0.2) is 83.0 Å². The molecule has 4 atom stereocenters. The molecule has 4 aliphatic rings. The van der Waals surface area contributed by atoms with E-state index in [9.17, 15) is 14.0 Å². The summed E-state index contributed by atoms with van der Waals surface area (Å²) < 4.78 is 20.4. The van der Waals surface area contributed by atoms with E-state index in [1.54, 1.807) is 12.3 Å². The van der Waals surface area contributed by atoms with E-state index in [1.807, 2.05) is 23.9 Å². The maximum Gasteiger partial charge on any atom is 0.225 e. The summed E-state index contributed by atoms with van der Waals surface area (Å²) in [6.07, 6.45) is 6.52. The van der Waals surface area contributed by atoms with E-state index < -0.39 is 0 Å². The van der Waals surface area contributed by atoms with Crippen molar-refractivity contribution in [3.63, 3.8) is 0 Å². The van der Waals surface area contributed by atoms with Gasteiger partial charge in [0.1, 0.15) is 5.82 Å². The van der Waals surface area contributed by atoms with Crippen LogP contribution in [0.25, 0.3) is 0 Å². The van der Waals surface area contributed by atoms with Gasteiger partial charge in [-0.05, 0) is 43.7 Å². The van der Waals surface area contributed by atoms with Crippen molar-refractivity contribution in [3.05, 3.63) is 29.8 Å². The van der Waals surface area contributed by atoms with E-state index in [4.69, 9.17) is 4.74 Å². The third-order valence-corrected chi connectivity index (χ3v) is 7.81. The minimum atomic E-state index is -0.311. The third kappa shape index (κ3) is 4.39. The van der Waals surface area contributed by atoms with Crippen molar-refractivity contribution in [1.29, 1.82) is 0 Å². The van der Waals surface area contributed by atoms with Crippen LogP contribution in [0, 0.1) is 17.7 Å². The van der Waals surface area contributed by atoms with Crippen molar-refractivity contribution in [2.24, 2.45) is 11.8 Å². The lowest BCUT2D eigenvalue weighted by molar-refractivity contribution is -0.133. The Bertz CT molecular complexity index is 875. The summed E-state index contributed by atoms with van der Waals surface area (Å²) in [5.41, 5.74) is 0.418. The van der Waals surface area contributed by atoms with Crippen molar-refractivity contribution in [1.82, 2.24) is 19.7 Å². The molecule has 174 valence electrons. The number of hydrogen-bond donors (Lipinski definition) is 0. The number of halogens is 1. The van der Waals surface area contributed by atoms with Gasteiger partial charge in [-0.2, -0.15) is 0 Å². The monoisotopic (exact) mass is 444 g/mol. The molecule has 1 aromatic heterocycles. The summed E-state index contributed by atoms with van der Waals surface area (Å²) in [6, 6.07) is 3.85. The number of carbonyl (C=O) groups is 2. The Kier molecular flexibility index (Phi) is 5.92. The van der Waals surface area contributed by atoms with Crippen molar-refractivity contribution < 1.29 is 18.7 Å². The Morgan fingerprint density at radius 2 is 1.78 bits per heavy atom. The number of hydrogen-bond acceptors (Lipinski definition) is 5. The molecule has 0 radical (unpaired) electrons. The summed E-state index contributed by atoms with van der Waals surface area (Å²) in [4.78, 5) is 35.9. The highest BCUT2D eigenvalue weighted by molar-refractivity contribution is 5.78. The van der Waals surface area contributed by atoms with Gasteiger partial charge in [-0.15, -0.1) is 0 Å². The Labute approximate surface area is 188 Å². The van der Waals surface area contributed by atoms with E-state index >= 15 is 0 Å². The van der Waals surface area contributed by atoms with Crippen LogP contribution in [0.1, 0.15) is 44.2 Å². The van der Waals surface area contributed by atoms with Crippen LogP contribution in [0.3, 0.4) is 0 Å². The van der Waals surface area contributed by atoms with Gasteiger partial charge < -0.3 is 14.5 Å². The zero-order valence-corrected chi connectivity index (χ0v) is 19.0. The summed E-state index contributed by atoms with van der Waals surface area (Å²) in [5.74, 6) is 0.150. The molecule has 32 heavy (non-hydrogen) atoms. The van der Waals surface area contributed by atoms with Crippen molar-refractivity contribution in [2.75, 3.05) is 27.2 Å². The van der Waals surface area contributed by atoms with Crippen LogP contribution in [0.2, 0.25) is 0 Å². The van der Waals surface area contributed by atoms with E-state index in [1.165, 1.54) is 6.07 Å². The molecule has 4 fully saturated rings. The smallest absolute Gasteiger partial charge is 0.225 e. The molecular formula is C24H33FN4O3. The molecule has 2 amide bonds. The van der Waals surface area contributed by atoms with Gasteiger partial charge in [-0.25, -0.2) is 4.39 Å². The molecule has 7 nitrogen and oxygen atoms in total. The Morgan fingerprint density at radius 3 is 2.41 bits per heavy atom. The first-order chi connectivity index (χ1) is 15.4. The van der Waals surface area contributed by atoms with Gasteiger partial charge in [-0.3, -0.25) is 19.5 Å². The fourth-order valence-corrected chi connectivity index (χ4v) is 5.54. The summed E-state index contributed by atoms with van der Waals surface area (Å²) in [7, 11) is 3.77. The van der Waals surface area contributed by atoms with E-state index in [0.29, 0.717) is 50.3 Å². The predicted octanol–water partition coefficient (Wildman–Crippen LogP) is 2.06. The zero-order chi connectivity index (χ0) is 22.4. The molecule has 0 N–H and O–H groups in total. The maximum atomic E-state index is 14.3. The number of ether oxygens (including phenoxy) is 1. The van der Waals surface area contributed by atoms with Crippen LogP contribution < -0.4 is 0 Å². The SMILES string of the molecule is CN(C(=O)C[C@@H]1CN(Cc2ncccc2F)[C@@H]2CO[C@@H](CC(=O)N(C)C3CC3)[C@H]12)C1CC1. The van der Waals surface area contributed by atoms with Crippen LogP contribution in [0.4, 0.5) is 4.39 Å². The number of carbonyl (C=O) groups excluding carboxylic acids is 2. The lowest BCUT2D eigenvalue weighted by Crippen LogP contribution is -2.37. The van der Waals surface area contributed by atoms with Crippen LogP contribution in [-0.2, 0) is 20.9 Å². The van der Waals surface area contributed by atoms with Crippen molar-refractivity contribution >= 4 is 11.8 Å². The number of aromatic nitrogens is 1. The average Bonchev–Trinajstić information content (AvgIpc) is 3.70. The average molecular weight is 445 g/mol. The molecule has 0 spiro atoms. The highest BCUT2D eigenvalue weighted by Crippen LogP contribution is 2.43. The fraction of sp³-hybridized carbons (Fsp3) is 0.708. The minimum Gasteiger partial charge on any atom is -0.376 e. The Hall–Kier alpha value is -2.06. The summed E-state index contributed by atoms with van der Waals surface area (Å²) >= 11 is 0. The van der Waals surface area contributed by atoms with Gasteiger partial charge in [-0.1, -0.05) is 0 Å². The first kappa shape index (κ1) is 21.8. The van der Waals surface area contributed by atoms with Crippen molar-refractivity contribution in [3.8, 4) is 0 Å². The van der Waals surface area contributed by atoms with Gasteiger partial charge >= 0.3 is 0 Å². The highest BCUT2D eigenvalue weighted by atomic mass is 19.1. The molecule has 2 aliphatic heterocycles. The molecule has 0 unspecified atom stereocenters. The highest BCUT2D eigenvalue weighted by Gasteiger charge is 2.52. The first-order valence-electron chi connectivity index (χ1n) is 11.9. The van der Waals surface area contributed by atoms with Crippen LogP contribution in [0.5, 0.6) is 0 Å². The quantitative estimate of drug-likeness (QED) is 0.614. The summed E-state index contributed by atoms with van der Waals surface area (Å²) in [6.45, 7) is 1.60.